The molecule has 3 N–H and O–H groups in total. The van der Waals surface area contributed by atoms with E-state index in [0.717, 1.165) is 29.0 Å². The molecule has 25 heavy (non-hydrogen) atoms. The minimum absolute atomic E-state index is 0.0838. The molecule has 2 aromatic rings. The van der Waals surface area contributed by atoms with Crippen LogP contribution in [0.15, 0.2) is 42.5 Å². The van der Waals surface area contributed by atoms with E-state index in [9.17, 15) is 4.79 Å². The number of rotatable bonds is 9. The standard InChI is InChI=1S/C20H26N2O3/c1-3-24-18-10-7-15(13-19(18)25-4-2)11-12-22-20(23)17-8-5-16(14-21)6-9-17/h5-10,13H,3-4,11-12,14,21H2,1-2H3,(H,22,23). The zero-order chi connectivity index (χ0) is 18.1. The molecule has 5 heteroatoms. The van der Waals surface area contributed by atoms with Crippen LogP contribution in [-0.4, -0.2) is 25.7 Å². The van der Waals surface area contributed by atoms with Crippen molar-refractivity contribution in [3.05, 3.63) is 59.2 Å². The van der Waals surface area contributed by atoms with E-state index in [1.165, 1.54) is 0 Å². The van der Waals surface area contributed by atoms with E-state index < -0.39 is 0 Å². The Hall–Kier alpha value is -2.53. The van der Waals surface area contributed by atoms with Crippen LogP contribution in [0.25, 0.3) is 0 Å². The number of amides is 1. The Labute approximate surface area is 149 Å². The van der Waals surface area contributed by atoms with Crippen LogP contribution in [0.1, 0.15) is 35.3 Å². The van der Waals surface area contributed by atoms with Crippen molar-refractivity contribution < 1.29 is 14.3 Å². The van der Waals surface area contributed by atoms with E-state index in [1.807, 2.05) is 44.2 Å². The molecule has 5 nitrogen and oxygen atoms in total. The maximum atomic E-state index is 12.2. The summed E-state index contributed by atoms with van der Waals surface area (Å²) in [6.45, 7) is 6.09. The molecule has 0 fully saturated rings. The average molecular weight is 342 g/mol. The fourth-order valence-corrected chi connectivity index (χ4v) is 2.47. The summed E-state index contributed by atoms with van der Waals surface area (Å²) in [4.78, 5) is 12.2. The fourth-order valence-electron chi connectivity index (χ4n) is 2.47. The molecular formula is C20H26N2O3. The summed E-state index contributed by atoms with van der Waals surface area (Å²) in [6.07, 6.45) is 0.721. The molecule has 0 unspecified atom stereocenters. The molecule has 0 spiro atoms. The Morgan fingerprint density at radius 1 is 0.960 bits per heavy atom. The van der Waals surface area contributed by atoms with Gasteiger partial charge in [0.05, 0.1) is 13.2 Å². The van der Waals surface area contributed by atoms with Gasteiger partial charge in [0.25, 0.3) is 5.91 Å². The average Bonchev–Trinajstić information content (AvgIpc) is 2.64. The van der Waals surface area contributed by atoms with Crippen LogP contribution >= 0.6 is 0 Å². The first-order valence-corrected chi connectivity index (χ1v) is 8.63. The van der Waals surface area contributed by atoms with E-state index in [1.54, 1.807) is 12.1 Å². The molecule has 0 aliphatic carbocycles. The first-order valence-electron chi connectivity index (χ1n) is 8.63. The van der Waals surface area contributed by atoms with Gasteiger partial charge in [0, 0.05) is 18.7 Å². The smallest absolute Gasteiger partial charge is 0.251 e. The molecule has 0 bridgehead atoms. The predicted molar refractivity (Wildman–Crippen MR) is 99.2 cm³/mol. The molecule has 0 aliphatic rings. The minimum atomic E-state index is -0.0838. The third kappa shape index (κ3) is 5.50. The summed E-state index contributed by atoms with van der Waals surface area (Å²) in [5, 5.41) is 2.93. The maximum absolute atomic E-state index is 12.2. The highest BCUT2D eigenvalue weighted by Crippen LogP contribution is 2.28. The van der Waals surface area contributed by atoms with Gasteiger partial charge in [-0.3, -0.25) is 4.79 Å². The second kappa shape index (κ2) is 9.69. The molecule has 0 aromatic heterocycles. The van der Waals surface area contributed by atoms with E-state index in [0.29, 0.717) is 31.9 Å². The van der Waals surface area contributed by atoms with Gasteiger partial charge < -0.3 is 20.5 Å². The van der Waals surface area contributed by atoms with E-state index in [2.05, 4.69) is 5.32 Å². The van der Waals surface area contributed by atoms with Crippen molar-refractivity contribution in [2.45, 2.75) is 26.8 Å². The van der Waals surface area contributed by atoms with Crippen molar-refractivity contribution in [2.75, 3.05) is 19.8 Å². The molecule has 0 atom stereocenters. The number of nitrogens with one attached hydrogen (secondary N) is 1. The van der Waals surface area contributed by atoms with E-state index >= 15 is 0 Å². The second-order valence-electron chi connectivity index (χ2n) is 5.55. The lowest BCUT2D eigenvalue weighted by Crippen LogP contribution is -2.25. The van der Waals surface area contributed by atoms with Gasteiger partial charge in [-0.05, 0) is 55.7 Å². The Kier molecular flexibility index (Phi) is 7.29. The second-order valence-corrected chi connectivity index (χ2v) is 5.55. The number of benzene rings is 2. The zero-order valence-corrected chi connectivity index (χ0v) is 14.9. The van der Waals surface area contributed by atoms with Crippen LogP contribution in [-0.2, 0) is 13.0 Å². The number of nitrogens with two attached hydrogens (primary N) is 1. The third-order valence-electron chi connectivity index (χ3n) is 3.76. The van der Waals surface area contributed by atoms with Gasteiger partial charge in [0.2, 0.25) is 0 Å². The first-order chi connectivity index (χ1) is 12.2. The molecular weight excluding hydrogens is 316 g/mol. The first kappa shape index (κ1) is 18.8. The van der Waals surface area contributed by atoms with Gasteiger partial charge in [0.1, 0.15) is 0 Å². The van der Waals surface area contributed by atoms with Crippen LogP contribution in [0.5, 0.6) is 11.5 Å². The molecule has 0 saturated carbocycles. The molecule has 0 saturated heterocycles. The molecule has 2 rings (SSSR count). The minimum Gasteiger partial charge on any atom is -0.490 e. The predicted octanol–water partition coefficient (Wildman–Crippen LogP) is 2.92. The van der Waals surface area contributed by atoms with Gasteiger partial charge in [-0.1, -0.05) is 18.2 Å². The zero-order valence-electron chi connectivity index (χ0n) is 14.9. The van der Waals surface area contributed by atoms with Crippen LogP contribution in [0.4, 0.5) is 0 Å². The van der Waals surface area contributed by atoms with Gasteiger partial charge in [-0.2, -0.15) is 0 Å². The van der Waals surface area contributed by atoms with Crippen molar-refractivity contribution in [3.63, 3.8) is 0 Å². The highest BCUT2D eigenvalue weighted by atomic mass is 16.5. The summed E-state index contributed by atoms with van der Waals surface area (Å²) < 4.78 is 11.2. The summed E-state index contributed by atoms with van der Waals surface area (Å²) in [7, 11) is 0. The molecule has 0 aliphatic heterocycles. The summed E-state index contributed by atoms with van der Waals surface area (Å²) in [5.41, 5.74) is 8.30. The Bertz CT molecular complexity index is 684. The van der Waals surface area contributed by atoms with Gasteiger partial charge in [0.15, 0.2) is 11.5 Å². The number of carbonyl (C=O) groups excluding carboxylic acids is 1. The van der Waals surface area contributed by atoms with Gasteiger partial charge >= 0.3 is 0 Å². The molecule has 134 valence electrons. The number of carbonyl (C=O) groups is 1. The highest BCUT2D eigenvalue weighted by Gasteiger charge is 2.08. The Balaban J connectivity index is 1.91. The van der Waals surface area contributed by atoms with Gasteiger partial charge in [-0.25, -0.2) is 0 Å². The Morgan fingerprint density at radius 2 is 1.60 bits per heavy atom. The topological polar surface area (TPSA) is 73.6 Å². The van der Waals surface area contributed by atoms with Gasteiger partial charge in [-0.15, -0.1) is 0 Å². The lowest BCUT2D eigenvalue weighted by atomic mass is 10.1. The third-order valence-corrected chi connectivity index (χ3v) is 3.76. The molecule has 0 radical (unpaired) electrons. The van der Waals surface area contributed by atoms with Crippen molar-refractivity contribution in [2.24, 2.45) is 5.73 Å². The number of ether oxygens (including phenoxy) is 2. The van der Waals surface area contributed by atoms with Crippen molar-refractivity contribution >= 4 is 5.91 Å². The quantitative estimate of drug-likeness (QED) is 0.735. The van der Waals surface area contributed by atoms with Crippen LogP contribution in [0.3, 0.4) is 0 Å². The SMILES string of the molecule is CCOc1ccc(CCNC(=O)c2ccc(CN)cc2)cc1OCC. The lowest BCUT2D eigenvalue weighted by molar-refractivity contribution is 0.0954. The largest absolute Gasteiger partial charge is 0.490 e. The van der Waals surface area contributed by atoms with Crippen molar-refractivity contribution in [1.29, 1.82) is 0 Å². The summed E-state index contributed by atoms with van der Waals surface area (Å²) >= 11 is 0. The maximum Gasteiger partial charge on any atom is 0.251 e. The number of hydrogen-bond donors (Lipinski definition) is 2. The molecule has 2 aromatic carbocycles. The number of hydrogen-bond acceptors (Lipinski definition) is 4. The van der Waals surface area contributed by atoms with Crippen LogP contribution < -0.4 is 20.5 Å². The van der Waals surface area contributed by atoms with Crippen LogP contribution in [0.2, 0.25) is 0 Å². The highest BCUT2D eigenvalue weighted by molar-refractivity contribution is 5.94. The normalized spacial score (nSPS) is 10.4. The van der Waals surface area contributed by atoms with E-state index in [4.69, 9.17) is 15.2 Å². The van der Waals surface area contributed by atoms with Crippen molar-refractivity contribution in [1.82, 2.24) is 5.32 Å². The van der Waals surface area contributed by atoms with Crippen molar-refractivity contribution in [3.8, 4) is 11.5 Å². The lowest BCUT2D eigenvalue weighted by Gasteiger charge is -2.12. The fraction of sp³-hybridized carbons (Fsp3) is 0.350. The van der Waals surface area contributed by atoms with E-state index in [-0.39, 0.29) is 5.91 Å². The molecule has 0 heterocycles. The Morgan fingerprint density at radius 3 is 2.24 bits per heavy atom. The summed E-state index contributed by atoms with van der Waals surface area (Å²) in [6, 6.07) is 13.2. The molecule has 1 amide bonds. The van der Waals surface area contributed by atoms with Crippen LogP contribution in [0, 0.1) is 0 Å². The monoisotopic (exact) mass is 342 g/mol. The summed E-state index contributed by atoms with van der Waals surface area (Å²) in [5.74, 6) is 1.40.